The van der Waals surface area contributed by atoms with Gasteiger partial charge in [-0.3, -0.25) is 4.55 Å². The maximum atomic E-state index is 12.0. The fraction of sp³-hybridized carbons (Fsp3) is 0.0952. The van der Waals surface area contributed by atoms with Crippen LogP contribution in [0, 0.1) is 0 Å². The number of sulfone groups is 1. The second kappa shape index (κ2) is 10.8. The van der Waals surface area contributed by atoms with Gasteiger partial charge in [0.1, 0.15) is 16.3 Å². The molecule has 16 heteroatoms. The van der Waals surface area contributed by atoms with Crippen LogP contribution in [0.1, 0.15) is 10.4 Å². The van der Waals surface area contributed by atoms with Crippen molar-refractivity contribution in [3.05, 3.63) is 60.2 Å². The minimum Gasteiger partial charge on any atom is -0.478 e. The molecule has 14 nitrogen and oxygen atoms in total. The van der Waals surface area contributed by atoms with E-state index in [9.17, 15) is 26.2 Å². The van der Waals surface area contributed by atoms with Gasteiger partial charge in [-0.15, -0.1) is 10.2 Å². The number of rotatable bonds is 9. The second-order valence-corrected chi connectivity index (χ2v) is 10.8. The number of benzene rings is 3. The van der Waals surface area contributed by atoms with Crippen LogP contribution < -0.4 is 11.5 Å². The van der Waals surface area contributed by atoms with Crippen molar-refractivity contribution < 1.29 is 36.4 Å². The first-order valence-corrected chi connectivity index (χ1v) is 13.2. The zero-order chi connectivity index (χ0) is 27.4. The minimum atomic E-state index is -4.86. The molecule has 0 bridgehead atoms. The number of nitrogen functional groups attached to an aromatic ring is 2. The standard InChI is InChI=1S/C21H20N6O8S2/c22-18-16(26-24-13-4-6-15(7-5-13)36(31,32)9-8-28)11-17(37(33,34)35)19(23)20(18)27-25-14-3-1-2-12(10-14)21(29)30/h1-7,10-11,28H,8-9,22-23H2,(H,29,30)(H,33,34,35)/b26-24+,27-25+. The summed E-state index contributed by atoms with van der Waals surface area (Å²) in [7, 11) is -8.53. The summed E-state index contributed by atoms with van der Waals surface area (Å²) in [6.07, 6.45) is 0. The third kappa shape index (κ3) is 6.50. The third-order valence-corrected chi connectivity index (χ3v) is 7.39. The maximum absolute atomic E-state index is 12.0. The van der Waals surface area contributed by atoms with Crippen LogP contribution in [0.3, 0.4) is 0 Å². The van der Waals surface area contributed by atoms with Crippen molar-refractivity contribution in [3.8, 4) is 0 Å². The fourth-order valence-electron chi connectivity index (χ4n) is 2.95. The molecular weight excluding hydrogens is 528 g/mol. The molecule has 0 atom stereocenters. The number of aliphatic hydroxyl groups is 1. The zero-order valence-corrected chi connectivity index (χ0v) is 20.4. The smallest absolute Gasteiger partial charge is 0.335 e. The number of hydrogen-bond donors (Lipinski definition) is 5. The Balaban J connectivity index is 2.04. The lowest BCUT2D eigenvalue weighted by atomic mass is 10.2. The van der Waals surface area contributed by atoms with Crippen molar-refractivity contribution in [1.29, 1.82) is 0 Å². The Bertz CT molecular complexity index is 1620. The van der Waals surface area contributed by atoms with Crippen LogP contribution in [0.2, 0.25) is 0 Å². The van der Waals surface area contributed by atoms with Crippen molar-refractivity contribution in [1.82, 2.24) is 0 Å². The van der Waals surface area contributed by atoms with Gasteiger partial charge < -0.3 is 21.7 Å². The normalized spacial score (nSPS) is 12.4. The average Bonchev–Trinajstić information content (AvgIpc) is 2.83. The van der Waals surface area contributed by atoms with E-state index in [1.807, 2.05) is 0 Å². The lowest BCUT2D eigenvalue weighted by Gasteiger charge is -2.10. The topological polar surface area (TPSA) is 248 Å². The number of nitrogens with zero attached hydrogens (tertiary/aromatic N) is 4. The minimum absolute atomic E-state index is 0.0455. The summed E-state index contributed by atoms with van der Waals surface area (Å²) >= 11 is 0. The highest BCUT2D eigenvalue weighted by atomic mass is 32.2. The van der Waals surface area contributed by atoms with Gasteiger partial charge in [-0.1, -0.05) is 6.07 Å². The van der Waals surface area contributed by atoms with E-state index in [0.29, 0.717) is 0 Å². The van der Waals surface area contributed by atoms with Crippen molar-refractivity contribution in [2.24, 2.45) is 20.5 Å². The van der Waals surface area contributed by atoms with Gasteiger partial charge in [0.2, 0.25) is 0 Å². The Kier molecular flexibility index (Phi) is 7.97. The molecule has 3 rings (SSSR count). The van der Waals surface area contributed by atoms with Crippen LogP contribution >= 0.6 is 0 Å². The molecule has 0 fully saturated rings. The highest BCUT2D eigenvalue weighted by Gasteiger charge is 2.22. The molecule has 3 aromatic carbocycles. The van der Waals surface area contributed by atoms with E-state index in [1.165, 1.54) is 48.5 Å². The van der Waals surface area contributed by atoms with Crippen molar-refractivity contribution >= 4 is 60.0 Å². The molecule has 0 amide bonds. The number of hydrogen-bond acceptors (Lipinski definition) is 12. The van der Waals surface area contributed by atoms with Crippen LogP contribution in [0.4, 0.5) is 34.1 Å². The van der Waals surface area contributed by atoms with E-state index in [1.54, 1.807) is 0 Å². The summed E-state index contributed by atoms with van der Waals surface area (Å²) in [5.74, 6) is -1.65. The van der Waals surface area contributed by atoms with Gasteiger partial charge in [-0.2, -0.15) is 18.6 Å². The number of anilines is 2. The predicted octanol–water partition coefficient (Wildman–Crippen LogP) is 3.39. The zero-order valence-electron chi connectivity index (χ0n) is 18.8. The van der Waals surface area contributed by atoms with Crippen molar-refractivity contribution in [2.75, 3.05) is 23.8 Å². The average molecular weight is 549 g/mol. The highest BCUT2D eigenvalue weighted by molar-refractivity contribution is 7.91. The van der Waals surface area contributed by atoms with Crippen LogP contribution in [0.5, 0.6) is 0 Å². The summed E-state index contributed by atoms with van der Waals surface area (Å²) in [5, 5.41) is 33.4. The first kappa shape index (κ1) is 27.3. The molecule has 0 heterocycles. The lowest BCUT2D eigenvalue weighted by molar-refractivity contribution is 0.0697. The van der Waals surface area contributed by atoms with Gasteiger partial charge in [-0.25, -0.2) is 13.2 Å². The summed E-state index contributed by atoms with van der Waals surface area (Å²) in [5.41, 5.74) is 10.7. The largest absolute Gasteiger partial charge is 0.478 e. The van der Waals surface area contributed by atoms with Crippen LogP contribution in [-0.4, -0.2) is 49.9 Å². The number of azo groups is 2. The van der Waals surface area contributed by atoms with Crippen molar-refractivity contribution in [3.63, 3.8) is 0 Å². The van der Waals surface area contributed by atoms with Gasteiger partial charge in [0.05, 0.1) is 45.6 Å². The first-order valence-electron chi connectivity index (χ1n) is 10.1. The molecule has 0 spiro atoms. The molecule has 37 heavy (non-hydrogen) atoms. The van der Waals surface area contributed by atoms with Gasteiger partial charge in [0.15, 0.2) is 9.84 Å². The van der Waals surface area contributed by atoms with Gasteiger partial charge in [0.25, 0.3) is 10.1 Å². The summed E-state index contributed by atoms with van der Waals surface area (Å²) < 4.78 is 57.4. The number of carbonyl (C=O) groups is 1. The van der Waals surface area contributed by atoms with Gasteiger partial charge in [-0.05, 0) is 48.5 Å². The molecule has 0 unspecified atom stereocenters. The van der Waals surface area contributed by atoms with Crippen LogP contribution in [-0.2, 0) is 20.0 Å². The number of carboxylic acids is 1. The molecular formula is C21H20N6O8S2. The van der Waals surface area contributed by atoms with E-state index in [0.717, 1.165) is 6.07 Å². The van der Waals surface area contributed by atoms with E-state index in [2.05, 4.69) is 20.5 Å². The van der Waals surface area contributed by atoms with E-state index in [-0.39, 0.29) is 38.9 Å². The molecule has 0 aliphatic rings. The van der Waals surface area contributed by atoms with Crippen molar-refractivity contribution in [2.45, 2.75) is 9.79 Å². The fourth-order valence-corrected chi connectivity index (χ4v) is 4.61. The van der Waals surface area contributed by atoms with Crippen LogP contribution in [0.15, 0.2) is 84.8 Å². The molecule has 3 aromatic rings. The number of aliphatic hydroxyl groups excluding tert-OH is 1. The number of carboxylic acid groups (broad SMARTS) is 1. The SMILES string of the molecule is Nc1c(/N=N/c2ccc(S(=O)(=O)CCO)cc2)cc(S(=O)(=O)O)c(N)c1/N=N/c1cccc(C(=O)O)c1. The van der Waals surface area contributed by atoms with Crippen LogP contribution in [0.25, 0.3) is 0 Å². The maximum Gasteiger partial charge on any atom is 0.335 e. The predicted molar refractivity (Wildman–Crippen MR) is 132 cm³/mol. The quantitative estimate of drug-likeness (QED) is 0.148. The molecule has 0 saturated heterocycles. The third-order valence-electron chi connectivity index (χ3n) is 4.79. The Morgan fingerprint density at radius 2 is 1.49 bits per heavy atom. The molecule has 0 radical (unpaired) electrons. The number of nitrogens with two attached hydrogens (primary N) is 2. The molecule has 0 saturated carbocycles. The van der Waals surface area contributed by atoms with Gasteiger partial charge >= 0.3 is 5.97 Å². The Morgan fingerprint density at radius 1 is 0.838 bits per heavy atom. The van der Waals surface area contributed by atoms with E-state index >= 15 is 0 Å². The molecule has 7 N–H and O–H groups in total. The number of aromatic carboxylic acids is 1. The monoisotopic (exact) mass is 548 g/mol. The Hall–Kier alpha value is -4.25. The molecule has 0 aliphatic carbocycles. The lowest BCUT2D eigenvalue weighted by Crippen LogP contribution is -2.09. The van der Waals surface area contributed by atoms with E-state index < -0.39 is 48.9 Å². The summed E-state index contributed by atoms with van der Waals surface area (Å²) in [6, 6.07) is 11.4. The van der Waals surface area contributed by atoms with E-state index in [4.69, 9.17) is 21.7 Å². The molecule has 0 aliphatic heterocycles. The first-order chi connectivity index (χ1) is 17.3. The molecule has 0 aromatic heterocycles. The Labute approximate surface area is 210 Å². The Morgan fingerprint density at radius 3 is 2.08 bits per heavy atom. The summed E-state index contributed by atoms with van der Waals surface area (Å²) in [4.78, 5) is 10.3. The molecule has 194 valence electrons. The van der Waals surface area contributed by atoms with Gasteiger partial charge in [0, 0.05) is 0 Å². The summed E-state index contributed by atoms with van der Waals surface area (Å²) in [6.45, 7) is -0.541. The highest BCUT2D eigenvalue weighted by Crippen LogP contribution is 2.43. The second-order valence-electron chi connectivity index (χ2n) is 7.34.